The molecule has 0 radical (unpaired) electrons. The summed E-state index contributed by atoms with van der Waals surface area (Å²) in [6, 6.07) is 5.43. The van der Waals surface area contributed by atoms with Crippen LogP contribution in [0.2, 0.25) is 0 Å². The molecule has 104 valence electrons. The van der Waals surface area contributed by atoms with Gasteiger partial charge in [-0.15, -0.1) is 0 Å². The van der Waals surface area contributed by atoms with Gasteiger partial charge in [0.1, 0.15) is 5.69 Å². The van der Waals surface area contributed by atoms with Crippen molar-refractivity contribution in [2.75, 3.05) is 31.7 Å². The highest BCUT2D eigenvalue weighted by Gasteiger charge is 2.27. The van der Waals surface area contributed by atoms with Crippen LogP contribution >= 0.6 is 15.9 Å². The van der Waals surface area contributed by atoms with E-state index in [1.54, 1.807) is 13.2 Å². The molecule has 2 rings (SSSR count). The second kappa shape index (κ2) is 6.34. The lowest BCUT2D eigenvalue weighted by Gasteiger charge is -2.18. The fraction of sp³-hybridized carbons (Fsp3) is 0.538. The summed E-state index contributed by atoms with van der Waals surface area (Å²) in [6.45, 7) is 2.38. The highest BCUT2D eigenvalue weighted by molar-refractivity contribution is 9.08. The van der Waals surface area contributed by atoms with E-state index < -0.39 is 0 Å². The van der Waals surface area contributed by atoms with Crippen LogP contribution in [0.3, 0.4) is 0 Å². The fourth-order valence-corrected chi connectivity index (χ4v) is 2.84. The minimum absolute atomic E-state index is 0.190. The Hall–Kier alpha value is -1.14. The number of ether oxygens (including phenoxy) is 1. The number of hydrogen-bond donors (Lipinski definition) is 0. The molecule has 1 aliphatic heterocycles. The van der Waals surface area contributed by atoms with Crippen molar-refractivity contribution < 1.29 is 9.66 Å². The predicted octanol–water partition coefficient (Wildman–Crippen LogP) is 2.96. The number of halogens is 1. The lowest BCUT2D eigenvalue weighted by Crippen LogP contribution is -2.22. The van der Waals surface area contributed by atoms with Crippen molar-refractivity contribution in [3.63, 3.8) is 0 Å². The molecule has 5 nitrogen and oxygen atoms in total. The van der Waals surface area contributed by atoms with Gasteiger partial charge < -0.3 is 9.64 Å². The number of nitro benzene ring substituents is 1. The topological polar surface area (TPSA) is 55.6 Å². The summed E-state index contributed by atoms with van der Waals surface area (Å²) in [5, 5.41) is 11.8. The summed E-state index contributed by atoms with van der Waals surface area (Å²) in [7, 11) is 1.69. The Bertz CT molecular complexity index is 467. The summed E-state index contributed by atoms with van der Waals surface area (Å²) in [5.74, 6) is 0.459. The lowest BCUT2D eigenvalue weighted by molar-refractivity contribution is -0.384. The molecule has 1 unspecified atom stereocenters. The van der Waals surface area contributed by atoms with E-state index in [4.69, 9.17) is 4.74 Å². The molecule has 0 saturated carbocycles. The van der Waals surface area contributed by atoms with Crippen molar-refractivity contribution in [1.82, 2.24) is 0 Å². The van der Waals surface area contributed by atoms with Crippen molar-refractivity contribution in [3.8, 4) is 0 Å². The van der Waals surface area contributed by atoms with Gasteiger partial charge in [-0.2, -0.15) is 0 Å². The Labute approximate surface area is 120 Å². The van der Waals surface area contributed by atoms with Gasteiger partial charge in [0, 0.05) is 37.5 Å². The summed E-state index contributed by atoms with van der Waals surface area (Å²) in [6.07, 6.45) is 1.02. The summed E-state index contributed by atoms with van der Waals surface area (Å²) in [5.41, 5.74) is 1.83. The predicted molar refractivity (Wildman–Crippen MR) is 77.9 cm³/mol. The molecule has 0 aliphatic carbocycles. The third kappa shape index (κ3) is 3.25. The van der Waals surface area contributed by atoms with Gasteiger partial charge in [-0.25, -0.2) is 0 Å². The van der Waals surface area contributed by atoms with E-state index in [2.05, 4.69) is 20.8 Å². The van der Waals surface area contributed by atoms with Gasteiger partial charge in [-0.05, 0) is 18.1 Å². The quantitative estimate of drug-likeness (QED) is 0.473. The molecule has 1 atom stereocenters. The number of alkyl halides is 1. The van der Waals surface area contributed by atoms with Crippen LogP contribution in [0.1, 0.15) is 12.0 Å². The number of nitro groups is 1. The number of hydrogen-bond acceptors (Lipinski definition) is 4. The molecule has 0 spiro atoms. The first-order valence-corrected chi connectivity index (χ1v) is 7.35. The first-order valence-electron chi connectivity index (χ1n) is 6.23. The zero-order valence-corrected chi connectivity index (χ0v) is 12.4. The molecule has 1 aliphatic rings. The zero-order chi connectivity index (χ0) is 13.8. The van der Waals surface area contributed by atoms with Crippen molar-refractivity contribution in [3.05, 3.63) is 33.9 Å². The van der Waals surface area contributed by atoms with Crippen LogP contribution in [-0.4, -0.2) is 31.7 Å². The van der Waals surface area contributed by atoms with Crippen molar-refractivity contribution in [2.45, 2.75) is 11.8 Å². The fourth-order valence-electron chi connectivity index (χ4n) is 2.49. The maximum Gasteiger partial charge on any atom is 0.292 e. The monoisotopic (exact) mass is 328 g/mol. The minimum atomic E-state index is -0.300. The Morgan fingerprint density at radius 2 is 2.37 bits per heavy atom. The molecule has 0 N–H and O–H groups in total. The Balaban J connectivity index is 2.22. The normalized spacial score (nSPS) is 18.8. The lowest BCUT2D eigenvalue weighted by atomic mass is 10.1. The van der Waals surface area contributed by atoms with E-state index in [1.165, 1.54) is 0 Å². The van der Waals surface area contributed by atoms with Crippen molar-refractivity contribution >= 4 is 27.3 Å². The van der Waals surface area contributed by atoms with E-state index in [0.29, 0.717) is 23.5 Å². The van der Waals surface area contributed by atoms with Crippen LogP contribution < -0.4 is 4.90 Å². The standard InChI is InChI=1S/C13H17BrN2O3/c1-19-9-11-4-5-15(8-11)12-3-2-10(7-14)6-13(12)16(17)18/h2-3,6,11H,4-5,7-9H2,1H3. The van der Waals surface area contributed by atoms with Crippen LogP contribution in [0, 0.1) is 16.0 Å². The Morgan fingerprint density at radius 1 is 1.58 bits per heavy atom. The largest absolute Gasteiger partial charge is 0.384 e. The summed E-state index contributed by atoms with van der Waals surface area (Å²) in [4.78, 5) is 13.0. The molecule has 6 heteroatoms. The van der Waals surface area contributed by atoms with Gasteiger partial charge in [0.25, 0.3) is 5.69 Å². The van der Waals surface area contributed by atoms with Gasteiger partial charge in [0.05, 0.1) is 11.5 Å². The molecule has 0 amide bonds. The third-order valence-corrected chi connectivity index (χ3v) is 4.07. The SMILES string of the molecule is COCC1CCN(c2ccc(CBr)cc2[N+](=O)[O-])C1. The van der Waals surface area contributed by atoms with Crippen LogP contribution in [0.15, 0.2) is 18.2 Å². The van der Waals surface area contributed by atoms with Gasteiger partial charge in [-0.1, -0.05) is 22.0 Å². The third-order valence-electron chi connectivity index (χ3n) is 3.42. The molecule has 1 aromatic rings. The molecular weight excluding hydrogens is 312 g/mol. The second-order valence-electron chi connectivity index (χ2n) is 4.77. The highest BCUT2D eigenvalue weighted by Crippen LogP contribution is 2.33. The second-order valence-corrected chi connectivity index (χ2v) is 5.33. The number of benzene rings is 1. The number of methoxy groups -OCH3 is 1. The summed E-state index contributed by atoms with van der Waals surface area (Å²) >= 11 is 3.33. The average Bonchev–Trinajstić information content (AvgIpc) is 2.87. The van der Waals surface area contributed by atoms with E-state index in [1.807, 2.05) is 12.1 Å². The van der Waals surface area contributed by atoms with Crippen LogP contribution in [-0.2, 0) is 10.1 Å². The van der Waals surface area contributed by atoms with E-state index in [9.17, 15) is 10.1 Å². The highest BCUT2D eigenvalue weighted by atomic mass is 79.9. The van der Waals surface area contributed by atoms with E-state index in [0.717, 1.165) is 25.1 Å². The molecule has 1 saturated heterocycles. The smallest absolute Gasteiger partial charge is 0.292 e. The average molecular weight is 329 g/mol. The first-order chi connectivity index (χ1) is 9.15. The van der Waals surface area contributed by atoms with Gasteiger partial charge in [-0.3, -0.25) is 10.1 Å². The number of nitrogens with zero attached hydrogens (tertiary/aromatic N) is 2. The maximum absolute atomic E-state index is 11.2. The van der Waals surface area contributed by atoms with Crippen LogP contribution in [0.25, 0.3) is 0 Å². The first kappa shape index (κ1) is 14.3. The van der Waals surface area contributed by atoms with E-state index >= 15 is 0 Å². The maximum atomic E-state index is 11.2. The van der Waals surface area contributed by atoms with Crippen LogP contribution in [0.5, 0.6) is 0 Å². The Morgan fingerprint density at radius 3 is 3.00 bits per heavy atom. The van der Waals surface area contributed by atoms with Crippen molar-refractivity contribution in [2.24, 2.45) is 5.92 Å². The molecule has 19 heavy (non-hydrogen) atoms. The minimum Gasteiger partial charge on any atom is -0.384 e. The molecule has 0 aromatic heterocycles. The van der Waals surface area contributed by atoms with Crippen molar-refractivity contribution in [1.29, 1.82) is 0 Å². The summed E-state index contributed by atoms with van der Waals surface area (Å²) < 4.78 is 5.16. The van der Waals surface area contributed by atoms with E-state index in [-0.39, 0.29) is 10.6 Å². The molecule has 0 bridgehead atoms. The Kier molecular flexibility index (Phi) is 4.76. The molecular formula is C13H17BrN2O3. The van der Waals surface area contributed by atoms with Crippen LogP contribution in [0.4, 0.5) is 11.4 Å². The number of rotatable bonds is 5. The molecule has 1 heterocycles. The molecule has 1 aromatic carbocycles. The van der Waals surface area contributed by atoms with Gasteiger partial charge >= 0.3 is 0 Å². The van der Waals surface area contributed by atoms with Gasteiger partial charge in [0.15, 0.2) is 0 Å². The zero-order valence-electron chi connectivity index (χ0n) is 10.8. The van der Waals surface area contributed by atoms with Gasteiger partial charge in [0.2, 0.25) is 0 Å². The molecule has 1 fully saturated rings. The number of anilines is 1.